The molecule has 49 valence electrons. The van der Waals surface area contributed by atoms with E-state index >= 15 is 0 Å². The number of rotatable bonds is 3. The van der Waals surface area contributed by atoms with Crippen molar-refractivity contribution in [2.75, 3.05) is 0 Å². The fourth-order valence-corrected chi connectivity index (χ4v) is 0.304. The predicted molar refractivity (Wildman–Crippen MR) is 25.5 cm³/mol. The summed E-state index contributed by atoms with van der Waals surface area (Å²) in [6, 6.07) is 0. The molecule has 0 saturated carbocycles. The molecule has 0 amide bonds. The van der Waals surface area contributed by atoms with Gasteiger partial charge in [-0.05, 0) is 6.42 Å². The molecule has 0 heterocycles. The first-order valence-electron chi connectivity index (χ1n) is 2.44. The molecule has 0 aromatic carbocycles. The average molecular weight is 125 g/mol. The first-order chi connectivity index (χ1) is 3.72. The van der Waals surface area contributed by atoms with Crippen LogP contribution in [0.4, 0.5) is 13.2 Å². The topological polar surface area (TPSA) is 0 Å². The highest BCUT2D eigenvalue weighted by Crippen LogP contribution is 2.10. The van der Waals surface area contributed by atoms with Crippen molar-refractivity contribution in [1.82, 2.24) is 0 Å². The summed E-state index contributed by atoms with van der Waals surface area (Å²) in [6.45, 7) is 1.19. The van der Waals surface area contributed by atoms with E-state index in [0.29, 0.717) is 0 Å². The highest BCUT2D eigenvalue weighted by atomic mass is 19.2. The van der Waals surface area contributed by atoms with E-state index in [2.05, 4.69) is 0 Å². The van der Waals surface area contributed by atoms with Gasteiger partial charge in [-0.15, -0.1) is 0 Å². The highest BCUT2D eigenvalue weighted by molar-refractivity contribution is 4.72. The zero-order valence-electron chi connectivity index (χ0n) is 4.57. The Labute approximate surface area is 46.7 Å². The molecule has 1 radical (unpaired) electrons. The number of hydrogen-bond donors (Lipinski definition) is 0. The average Bonchev–Trinajstić information content (AvgIpc) is 1.84. The van der Waals surface area contributed by atoms with Crippen molar-refractivity contribution in [2.45, 2.75) is 25.7 Å². The second-order valence-corrected chi connectivity index (χ2v) is 1.49. The van der Waals surface area contributed by atoms with E-state index in [1.54, 1.807) is 0 Å². The zero-order valence-corrected chi connectivity index (χ0v) is 4.57. The molecular formula is C5H8F3. The Morgan fingerprint density at radius 3 is 2.12 bits per heavy atom. The van der Waals surface area contributed by atoms with Crippen LogP contribution in [-0.2, 0) is 0 Å². The third kappa shape index (κ3) is 2.19. The second kappa shape index (κ2) is 3.75. The van der Waals surface area contributed by atoms with Crippen LogP contribution in [-0.4, -0.2) is 12.3 Å². The highest BCUT2D eigenvalue weighted by Gasteiger charge is 2.17. The van der Waals surface area contributed by atoms with Crippen molar-refractivity contribution in [1.29, 1.82) is 0 Å². The van der Waals surface area contributed by atoms with Crippen molar-refractivity contribution >= 4 is 0 Å². The maximum Gasteiger partial charge on any atom is 0.168 e. The molecule has 0 rings (SSSR count). The van der Waals surface area contributed by atoms with Gasteiger partial charge in [0.1, 0.15) is 6.17 Å². The maximum atomic E-state index is 11.9. The standard InChI is InChI=1S/C5H8F3/c1-2-4(7)5(8)3-6/h3-5H,2H2,1H3. The second-order valence-electron chi connectivity index (χ2n) is 1.49. The molecule has 0 saturated heterocycles. The molecule has 0 N–H and O–H groups in total. The van der Waals surface area contributed by atoms with Gasteiger partial charge in [0, 0.05) is 0 Å². The Morgan fingerprint density at radius 1 is 1.50 bits per heavy atom. The summed E-state index contributed by atoms with van der Waals surface area (Å²) in [6.07, 6.45) is -3.71. The van der Waals surface area contributed by atoms with Gasteiger partial charge in [-0.3, -0.25) is 0 Å². The molecule has 0 fully saturated rings. The van der Waals surface area contributed by atoms with Crippen LogP contribution in [0.5, 0.6) is 0 Å². The lowest BCUT2D eigenvalue weighted by atomic mass is 10.2. The molecule has 0 aromatic rings. The third-order valence-electron chi connectivity index (χ3n) is 0.856. The Bertz CT molecular complexity index is 47.6. The number of alkyl halides is 2. The summed E-state index contributed by atoms with van der Waals surface area (Å²) in [5.41, 5.74) is 0. The van der Waals surface area contributed by atoms with E-state index in [4.69, 9.17) is 0 Å². The smallest absolute Gasteiger partial charge is 0.168 e. The number of hydrogen-bond acceptors (Lipinski definition) is 0. The van der Waals surface area contributed by atoms with E-state index in [9.17, 15) is 13.2 Å². The monoisotopic (exact) mass is 125 g/mol. The molecule has 2 atom stereocenters. The van der Waals surface area contributed by atoms with Crippen LogP contribution in [0.1, 0.15) is 13.3 Å². The van der Waals surface area contributed by atoms with Crippen molar-refractivity contribution in [3.8, 4) is 0 Å². The largest absolute Gasteiger partial charge is 0.244 e. The molecule has 0 bridgehead atoms. The van der Waals surface area contributed by atoms with Gasteiger partial charge in [0.25, 0.3) is 0 Å². The quantitative estimate of drug-likeness (QED) is 0.542. The van der Waals surface area contributed by atoms with Crippen LogP contribution in [0, 0.1) is 6.67 Å². The Hall–Kier alpha value is -0.210. The minimum absolute atomic E-state index is 0.0155. The lowest BCUT2D eigenvalue weighted by Gasteiger charge is -2.04. The molecular weight excluding hydrogens is 117 g/mol. The summed E-state index contributed by atoms with van der Waals surface area (Å²) in [5, 5.41) is 0. The number of halogens is 3. The predicted octanol–water partition coefficient (Wildman–Crippen LogP) is 2.20. The molecule has 0 aliphatic rings. The minimum atomic E-state index is -2.04. The van der Waals surface area contributed by atoms with Gasteiger partial charge in [0.05, 0.1) is 0 Å². The molecule has 0 aromatic heterocycles. The first-order valence-corrected chi connectivity index (χ1v) is 2.44. The summed E-state index contributed by atoms with van der Waals surface area (Å²) >= 11 is 0. The Morgan fingerprint density at radius 2 is 2.00 bits per heavy atom. The Balaban J connectivity index is 3.29. The molecule has 8 heavy (non-hydrogen) atoms. The van der Waals surface area contributed by atoms with Crippen LogP contribution < -0.4 is 0 Å². The van der Waals surface area contributed by atoms with E-state index in [-0.39, 0.29) is 13.1 Å². The van der Waals surface area contributed by atoms with Gasteiger partial charge >= 0.3 is 0 Å². The normalized spacial score (nSPS) is 18.0. The third-order valence-corrected chi connectivity index (χ3v) is 0.856. The lowest BCUT2D eigenvalue weighted by molar-refractivity contribution is 0.164. The van der Waals surface area contributed by atoms with Crippen LogP contribution in [0.2, 0.25) is 0 Å². The summed E-state index contributed by atoms with van der Waals surface area (Å²) in [4.78, 5) is 0. The van der Waals surface area contributed by atoms with Crippen molar-refractivity contribution < 1.29 is 13.2 Å². The minimum Gasteiger partial charge on any atom is -0.244 e. The van der Waals surface area contributed by atoms with Gasteiger partial charge in [0.2, 0.25) is 0 Å². The van der Waals surface area contributed by atoms with Gasteiger partial charge < -0.3 is 0 Å². The van der Waals surface area contributed by atoms with E-state index < -0.39 is 12.3 Å². The van der Waals surface area contributed by atoms with Crippen molar-refractivity contribution in [3.63, 3.8) is 0 Å². The lowest BCUT2D eigenvalue weighted by Crippen LogP contribution is -2.14. The molecule has 0 aliphatic heterocycles. The maximum absolute atomic E-state index is 11.9. The van der Waals surface area contributed by atoms with Crippen molar-refractivity contribution in [2.24, 2.45) is 0 Å². The van der Waals surface area contributed by atoms with Gasteiger partial charge in [-0.2, -0.15) is 0 Å². The van der Waals surface area contributed by atoms with E-state index in [1.807, 2.05) is 0 Å². The molecule has 0 aliphatic carbocycles. The van der Waals surface area contributed by atoms with Gasteiger partial charge in [0.15, 0.2) is 12.8 Å². The van der Waals surface area contributed by atoms with E-state index in [0.717, 1.165) is 0 Å². The molecule has 3 heteroatoms. The summed E-state index contributed by atoms with van der Waals surface area (Å²) in [5.74, 6) is 0. The van der Waals surface area contributed by atoms with Crippen molar-refractivity contribution in [3.05, 3.63) is 6.67 Å². The molecule has 2 unspecified atom stereocenters. The zero-order chi connectivity index (χ0) is 6.57. The molecule has 0 nitrogen and oxygen atoms in total. The van der Waals surface area contributed by atoms with Crippen LogP contribution in [0.3, 0.4) is 0 Å². The van der Waals surface area contributed by atoms with E-state index in [1.165, 1.54) is 6.92 Å². The van der Waals surface area contributed by atoms with Crippen LogP contribution in [0.15, 0.2) is 0 Å². The van der Waals surface area contributed by atoms with Crippen LogP contribution in [0.25, 0.3) is 0 Å². The Kier molecular flexibility index (Phi) is 3.65. The van der Waals surface area contributed by atoms with Gasteiger partial charge in [-0.1, -0.05) is 6.92 Å². The summed E-state index contributed by atoms with van der Waals surface area (Å²) in [7, 11) is 0. The van der Waals surface area contributed by atoms with Crippen LogP contribution >= 0.6 is 0 Å². The van der Waals surface area contributed by atoms with Gasteiger partial charge in [-0.25, -0.2) is 13.2 Å². The molecule has 0 spiro atoms. The first kappa shape index (κ1) is 7.79. The summed E-state index contributed by atoms with van der Waals surface area (Å²) < 4.78 is 34.7. The fourth-order valence-electron chi connectivity index (χ4n) is 0.304. The fraction of sp³-hybridized carbons (Fsp3) is 0.800. The SMILES string of the molecule is CCC(F)C(F)[CH]F.